The molecule has 0 amide bonds. The third kappa shape index (κ3) is 14.2. The van der Waals surface area contributed by atoms with E-state index in [-0.39, 0.29) is 0 Å². The molecule has 1 aromatic carbocycles. The fourth-order valence-corrected chi connectivity index (χ4v) is 3.35. The van der Waals surface area contributed by atoms with Crippen LogP contribution in [-0.2, 0) is 28.4 Å². The molecule has 0 bridgehead atoms. The standard InChI is InChI=1S/C32H39N3O8/c1-36-13-15-38-17-19-40-21-23-42-31-11-7-27(25-32(31)43-24-22-41-20-18-39-16-14-37-2)6-9-29-30(35-26-34-29)10-8-28-5-3-4-12-33-28/h3-5,7,11-12,25-26H,13-24H2,1-2H3,(H,34,35). The van der Waals surface area contributed by atoms with Crippen molar-refractivity contribution in [1.29, 1.82) is 0 Å². The average Bonchev–Trinajstić information content (AvgIpc) is 3.49. The molecule has 0 saturated carbocycles. The summed E-state index contributed by atoms with van der Waals surface area (Å²) in [6, 6.07) is 11.1. The topological polar surface area (TPSA) is 115 Å². The Morgan fingerprint density at radius 2 is 1.23 bits per heavy atom. The summed E-state index contributed by atoms with van der Waals surface area (Å²) in [7, 11) is 3.27. The van der Waals surface area contributed by atoms with Gasteiger partial charge in [0.05, 0.1) is 72.4 Å². The summed E-state index contributed by atoms with van der Waals surface area (Å²) < 4.78 is 43.8. The highest BCUT2D eigenvalue weighted by atomic mass is 16.6. The van der Waals surface area contributed by atoms with Crippen molar-refractivity contribution in [1.82, 2.24) is 15.0 Å². The summed E-state index contributed by atoms with van der Waals surface area (Å²) >= 11 is 0. The van der Waals surface area contributed by atoms with Crippen molar-refractivity contribution < 1.29 is 37.9 Å². The smallest absolute Gasteiger partial charge is 0.162 e. The highest BCUT2D eigenvalue weighted by Gasteiger charge is 2.08. The molecule has 0 saturated heterocycles. The molecule has 0 spiro atoms. The van der Waals surface area contributed by atoms with Crippen LogP contribution in [0.5, 0.6) is 11.5 Å². The molecule has 230 valence electrons. The van der Waals surface area contributed by atoms with Crippen molar-refractivity contribution in [3.05, 3.63) is 71.6 Å². The second-order valence-corrected chi connectivity index (χ2v) is 8.63. The fourth-order valence-electron chi connectivity index (χ4n) is 3.35. The number of H-pyrrole nitrogens is 1. The number of rotatable bonds is 20. The highest BCUT2D eigenvalue weighted by molar-refractivity contribution is 5.52. The molecule has 0 radical (unpaired) electrons. The Morgan fingerprint density at radius 1 is 0.605 bits per heavy atom. The number of benzene rings is 1. The molecule has 3 aromatic rings. The third-order valence-electron chi connectivity index (χ3n) is 5.47. The molecule has 3 rings (SSSR count). The molecule has 2 heterocycles. The maximum absolute atomic E-state index is 6.00. The van der Waals surface area contributed by atoms with Crippen LogP contribution in [0.15, 0.2) is 48.9 Å². The van der Waals surface area contributed by atoms with Crippen LogP contribution in [0.2, 0.25) is 0 Å². The van der Waals surface area contributed by atoms with Gasteiger partial charge in [-0.25, -0.2) is 9.97 Å². The second-order valence-electron chi connectivity index (χ2n) is 8.63. The Morgan fingerprint density at radius 3 is 1.86 bits per heavy atom. The van der Waals surface area contributed by atoms with Gasteiger partial charge in [0.1, 0.15) is 30.3 Å². The van der Waals surface area contributed by atoms with E-state index in [4.69, 9.17) is 37.9 Å². The Labute approximate surface area is 253 Å². The molecule has 0 fully saturated rings. The number of pyridine rings is 1. The third-order valence-corrected chi connectivity index (χ3v) is 5.47. The summed E-state index contributed by atoms with van der Waals surface area (Å²) in [4.78, 5) is 11.5. The summed E-state index contributed by atoms with van der Waals surface area (Å²) in [5.41, 5.74) is 2.54. The number of hydrogen-bond acceptors (Lipinski definition) is 10. The van der Waals surface area contributed by atoms with Crippen molar-refractivity contribution in [3.8, 4) is 35.2 Å². The lowest BCUT2D eigenvalue weighted by Crippen LogP contribution is -2.14. The van der Waals surface area contributed by atoms with Gasteiger partial charge in [-0.15, -0.1) is 0 Å². The molecule has 2 aromatic heterocycles. The maximum Gasteiger partial charge on any atom is 0.162 e. The number of hydrogen-bond donors (Lipinski definition) is 1. The largest absolute Gasteiger partial charge is 0.487 e. The van der Waals surface area contributed by atoms with Crippen LogP contribution in [0.25, 0.3) is 0 Å². The van der Waals surface area contributed by atoms with E-state index in [1.54, 1.807) is 26.7 Å². The minimum atomic E-state index is 0.327. The molecule has 11 nitrogen and oxygen atoms in total. The van der Waals surface area contributed by atoms with E-state index in [9.17, 15) is 0 Å². The average molecular weight is 594 g/mol. The fraction of sp³-hybridized carbons (Fsp3) is 0.438. The lowest BCUT2D eigenvalue weighted by Gasteiger charge is -2.14. The highest BCUT2D eigenvalue weighted by Crippen LogP contribution is 2.28. The van der Waals surface area contributed by atoms with Crippen LogP contribution in [0, 0.1) is 23.7 Å². The number of ether oxygens (including phenoxy) is 8. The summed E-state index contributed by atoms with van der Waals surface area (Å²) in [6.07, 6.45) is 3.26. The Hall–Kier alpha value is -3.94. The molecule has 0 atom stereocenters. The minimum Gasteiger partial charge on any atom is -0.487 e. The first-order chi connectivity index (χ1) is 21.3. The van der Waals surface area contributed by atoms with E-state index in [0.717, 1.165) is 5.56 Å². The lowest BCUT2D eigenvalue weighted by molar-refractivity contribution is 0.0159. The van der Waals surface area contributed by atoms with E-state index in [1.807, 2.05) is 36.4 Å². The molecule has 43 heavy (non-hydrogen) atoms. The molecule has 11 heteroatoms. The molecule has 0 aliphatic rings. The van der Waals surface area contributed by atoms with E-state index in [0.29, 0.717) is 108 Å². The van der Waals surface area contributed by atoms with Gasteiger partial charge in [-0.05, 0) is 48.1 Å². The SMILES string of the molecule is COCCOCCOCCOc1ccc(C#Cc2nc[nH]c2C#Cc2ccccn2)cc1OCCOCCOCCOC. The van der Waals surface area contributed by atoms with Gasteiger partial charge in [0, 0.05) is 26.0 Å². The van der Waals surface area contributed by atoms with Gasteiger partial charge < -0.3 is 42.9 Å². The van der Waals surface area contributed by atoms with Crippen LogP contribution in [-0.4, -0.2) is 108 Å². The Bertz CT molecular complexity index is 1290. The Kier molecular flexibility index (Phi) is 17.0. The van der Waals surface area contributed by atoms with Gasteiger partial charge in [-0.1, -0.05) is 12.0 Å². The molecular formula is C32H39N3O8. The maximum atomic E-state index is 6.00. The summed E-state index contributed by atoms with van der Waals surface area (Å²) in [5, 5.41) is 0. The van der Waals surface area contributed by atoms with Crippen molar-refractivity contribution in [2.24, 2.45) is 0 Å². The zero-order valence-corrected chi connectivity index (χ0v) is 24.8. The lowest BCUT2D eigenvalue weighted by atomic mass is 10.2. The first kappa shape index (κ1) is 33.6. The van der Waals surface area contributed by atoms with Crippen LogP contribution in [0.3, 0.4) is 0 Å². The minimum absolute atomic E-state index is 0.327. The first-order valence-electron chi connectivity index (χ1n) is 14.0. The van der Waals surface area contributed by atoms with Crippen LogP contribution >= 0.6 is 0 Å². The zero-order chi connectivity index (χ0) is 30.2. The molecule has 1 N–H and O–H groups in total. The molecule has 0 aliphatic heterocycles. The van der Waals surface area contributed by atoms with E-state index in [2.05, 4.69) is 38.6 Å². The number of methoxy groups -OCH3 is 2. The number of aromatic amines is 1. The van der Waals surface area contributed by atoms with Crippen molar-refractivity contribution in [3.63, 3.8) is 0 Å². The predicted molar refractivity (Wildman–Crippen MR) is 159 cm³/mol. The predicted octanol–water partition coefficient (Wildman–Crippen LogP) is 2.72. The monoisotopic (exact) mass is 593 g/mol. The van der Waals surface area contributed by atoms with E-state index < -0.39 is 0 Å². The van der Waals surface area contributed by atoms with Gasteiger partial charge in [-0.2, -0.15) is 0 Å². The van der Waals surface area contributed by atoms with E-state index >= 15 is 0 Å². The normalized spacial score (nSPS) is 10.5. The van der Waals surface area contributed by atoms with Crippen molar-refractivity contribution >= 4 is 0 Å². The van der Waals surface area contributed by atoms with Gasteiger partial charge in [-0.3, -0.25) is 0 Å². The summed E-state index contributed by atoms with van der Waals surface area (Å²) in [6.45, 7) is 5.57. The van der Waals surface area contributed by atoms with E-state index in [1.165, 1.54) is 0 Å². The van der Waals surface area contributed by atoms with Gasteiger partial charge in [0.2, 0.25) is 0 Å². The van der Waals surface area contributed by atoms with Crippen LogP contribution in [0.4, 0.5) is 0 Å². The summed E-state index contributed by atoms with van der Waals surface area (Å²) in [5.74, 6) is 13.4. The van der Waals surface area contributed by atoms with Crippen molar-refractivity contribution in [2.45, 2.75) is 0 Å². The van der Waals surface area contributed by atoms with Gasteiger partial charge in [0.15, 0.2) is 11.5 Å². The number of aromatic nitrogens is 3. The second kappa shape index (κ2) is 21.7. The van der Waals surface area contributed by atoms with Crippen molar-refractivity contribution in [2.75, 3.05) is 93.5 Å². The zero-order valence-electron chi connectivity index (χ0n) is 24.8. The van der Waals surface area contributed by atoms with Crippen LogP contribution < -0.4 is 9.47 Å². The molecule has 0 unspecified atom stereocenters. The number of nitrogens with one attached hydrogen (secondary N) is 1. The molecule has 0 aliphatic carbocycles. The first-order valence-corrected chi connectivity index (χ1v) is 14.0. The number of nitrogens with zero attached hydrogens (tertiary/aromatic N) is 2. The Balaban J connectivity index is 1.57. The van der Waals surface area contributed by atoms with Gasteiger partial charge in [0.25, 0.3) is 0 Å². The van der Waals surface area contributed by atoms with Gasteiger partial charge >= 0.3 is 0 Å². The number of imidazole rings is 1. The molecular weight excluding hydrogens is 554 g/mol. The van der Waals surface area contributed by atoms with Crippen LogP contribution in [0.1, 0.15) is 22.6 Å². The quantitative estimate of drug-likeness (QED) is 0.155.